The topological polar surface area (TPSA) is 94.4 Å². The van der Waals surface area contributed by atoms with Crippen molar-refractivity contribution in [3.63, 3.8) is 0 Å². The van der Waals surface area contributed by atoms with Gasteiger partial charge < -0.3 is 20.1 Å². The Kier molecular flexibility index (Phi) is 3.18. The summed E-state index contributed by atoms with van der Waals surface area (Å²) in [4.78, 5) is 4.25. The lowest BCUT2D eigenvalue weighted by atomic mass is 10.1. The summed E-state index contributed by atoms with van der Waals surface area (Å²) in [7, 11) is 0. The smallest absolute Gasteiger partial charge is 0.243 e. The number of benzene rings is 1. The lowest BCUT2D eigenvalue weighted by Gasteiger charge is -2.05. The van der Waals surface area contributed by atoms with Crippen molar-refractivity contribution in [1.29, 1.82) is 0 Å². The molecule has 0 saturated heterocycles. The van der Waals surface area contributed by atoms with E-state index >= 15 is 0 Å². The standard InChI is InChI=1S/C13H15N3O3/c14-9(5-6-17)13-15-12(16-19-13)11-7-8-3-1-2-4-10(8)18-11/h1-4,9,11,17H,5-7,14H2. The van der Waals surface area contributed by atoms with Gasteiger partial charge in [0.2, 0.25) is 11.7 Å². The molecule has 1 aromatic heterocycles. The number of aliphatic hydroxyl groups is 1. The maximum absolute atomic E-state index is 8.84. The molecular weight excluding hydrogens is 246 g/mol. The number of fused-ring (bicyclic) bond motifs is 1. The van der Waals surface area contributed by atoms with Gasteiger partial charge in [-0.15, -0.1) is 0 Å². The fraction of sp³-hybridized carbons (Fsp3) is 0.385. The molecule has 2 heterocycles. The molecule has 0 saturated carbocycles. The van der Waals surface area contributed by atoms with E-state index in [9.17, 15) is 0 Å². The third-order valence-electron chi connectivity index (χ3n) is 3.15. The molecule has 0 bridgehead atoms. The Hall–Kier alpha value is -1.92. The minimum Gasteiger partial charge on any atom is -0.482 e. The maximum atomic E-state index is 8.84. The number of rotatable bonds is 4. The van der Waals surface area contributed by atoms with Crippen molar-refractivity contribution in [2.24, 2.45) is 5.73 Å². The molecular formula is C13H15N3O3. The van der Waals surface area contributed by atoms with Gasteiger partial charge >= 0.3 is 0 Å². The third-order valence-corrected chi connectivity index (χ3v) is 3.15. The lowest BCUT2D eigenvalue weighted by Crippen LogP contribution is -2.13. The molecule has 2 atom stereocenters. The van der Waals surface area contributed by atoms with Crippen molar-refractivity contribution in [2.75, 3.05) is 6.61 Å². The molecule has 0 amide bonds. The van der Waals surface area contributed by atoms with Crippen LogP contribution >= 0.6 is 0 Å². The van der Waals surface area contributed by atoms with Gasteiger partial charge in [-0.1, -0.05) is 23.4 Å². The van der Waals surface area contributed by atoms with E-state index in [1.807, 2.05) is 24.3 Å². The fourth-order valence-corrected chi connectivity index (χ4v) is 2.12. The number of aromatic nitrogens is 2. The van der Waals surface area contributed by atoms with Crippen LogP contribution in [0.4, 0.5) is 0 Å². The van der Waals surface area contributed by atoms with Gasteiger partial charge in [-0.05, 0) is 18.1 Å². The molecule has 1 aliphatic rings. The van der Waals surface area contributed by atoms with Crippen molar-refractivity contribution in [2.45, 2.75) is 25.0 Å². The van der Waals surface area contributed by atoms with E-state index in [1.165, 1.54) is 0 Å². The summed E-state index contributed by atoms with van der Waals surface area (Å²) in [5, 5.41) is 12.8. The second kappa shape index (κ2) is 4.99. The molecule has 0 radical (unpaired) electrons. The van der Waals surface area contributed by atoms with Crippen LogP contribution < -0.4 is 10.5 Å². The van der Waals surface area contributed by atoms with Crippen LogP contribution in [0.1, 0.15) is 35.8 Å². The first-order valence-electron chi connectivity index (χ1n) is 6.22. The van der Waals surface area contributed by atoms with Crippen molar-refractivity contribution in [3.8, 4) is 5.75 Å². The Bertz CT molecular complexity index is 545. The van der Waals surface area contributed by atoms with Crippen LogP contribution in [0.15, 0.2) is 28.8 Å². The second-order valence-corrected chi connectivity index (χ2v) is 4.53. The second-order valence-electron chi connectivity index (χ2n) is 4.53. The molecule has 6 heteroatoms. The van der Waals surface area contributed by atoms with E-state index in [2.05, 4.69) is 10.1 Å². The Morgan fingerprint density at radius 1 is 1.42 bits per heavy atom. The van der Waals surface area contributed by atoms with Gasteiger partial charge in [0.05, 0.1) is 6.04 Å². The van der Waals surface area contributed by atoms with Crippen molar-refractivity contribution in [1.82, 2.24) is 10.1 Å². The largest absolute Gasteiger partial charge is 0.482 e. The van der Waals surface area contributed by atoms with E-state index < -0.39 is 6.04 Å². The first kappa shape index (κ1) is 12.1. The van der Waals surface area contributed by atoms with Crippen LogP contribution in [0.3, 0.4) is 0 Å². The molecule has 2 aromatic rings. The monoisotopic (exact) mass is 261 g/mol. The summed E-state index contributed by atoms with van der Waals surface area (Å²) in [5.41, 5.74) is 6.94. The summed E-state index contributed by atoms with van der Waals surface area (Å²) in [6.07, 6.45) is 0.897. The van der Waals surface area contributed by atoms with E-state index in [1.54, 1.807) is 0 Å². The van der Waals surface area contributed by atoms with Gasteiger partial charge in [0.1, 0.15) is 5.75 Å². The molecule has 0 aliphatic carbocycles. The Labute approximate surface area is 110 Å². The van der Waals surface area contributed by atoms with Crippen LogP contribution in [0.25, 0.3) is 0 Å². The SMILES string of the molecule is NC(CCO)c1nc(C2Cc3ccccc3O2)no1. The van der Waals surface area contributed by atoms with Crippen LogP contribution in [0.5, 0.6) is 5.75 Å². The number of hydrogen-bond donors (Lipinski definition) is 2. The number of nitrogens with two attached hydrogens (primary N) is 1. The molecule has 1 aliphatic heterocycles. The molecule has 0 spiro atoms. The quantitative estimate of drug-likeness (QED) is 0.856. The van der Waals surface area contributed by atoms with Crippen LogP contribution in [-0.2, 0) is 6.42 Å². The Morgan fingerprint density at radius 3 is 3.05 bits per heavy atom. The predicted octanol–water partition coefficient (Wildman–Crippen LogP) is 1.13. The molecule has 6 nitrogen and oxygen atoms in total. The molecule has 3 N–H and O–H groups in total. The highest BCUT2D eigenvalue weighted by Gasteiger charge is 2.28. The number of hydrogen-bond acceptors (Lipinski definition) is 6. The summed E-state index contributed by atoms with van der Waals surface area (Å²) in [6, 6.07) is 7.42. The van der Waals surface area contributed by atoms with Gasteiger partial charge in [-0.2, -0.15) is 4.98 Å². The van der Waals surface area contributed by atoms with E-state index in [0.29, 0.717) is 18.1 Å². The zero-order chi connectivity index (χ0) is 13.2. The zero-order valence-electron chi connectivity index (χ0n) is 10.3. The van der Waals surface area contributed by atoms with Crippen molar-refractivity contribution < 1.29 is 14.4 Å². The average molecular weight is 261 g/mol. The van der Waals surface area contributed by atoms with E-state index in [0.717, 1.165) is 17.7 Å². The molecule has 1 aromatic carbocycles. The first-order valence-corrected chi connectivity index (χ1v) is 6.22. The number of aliphatic hydroxyl groups excluding tert-OH is 1. The van der Waals surface area contributed by atoms with Crippen LogP contribution in [0, 0.1) is 0 Å². The highest BCUT2D eigenvalue weighted by atomic mass is 16.5. The fourth-order valence-electron chi connectivity index (χ4n) is 2.12. The van der Waals surface area contributed by atoms with Gasteiger partial charge in [0, 0.05) is 13.0 Å². The highest BCUT2D eigenvalue weighted by molar-refractivity contribution is 5.37. The van der Waals surface area contributed by atoms with Gasteiger partial charge in [-0.3, -0.25) is 0 Å². The van der Waals surface area contributed by atoms with Crippen molar-refractivity contribution >= 4 is 0 Å². The highest BCUT2D eigenvalue weighted by Crippen LogP contribution is 2.35. The minimum absolute atomic E-state index is 0.00967. The zero-order valence-corrected chi connectivity index (χ0v) is 10.3. The third kappa shape index (κ3) is 2.32. The molecule has 100 valence electrons. The van der Waals surface area contributed by atoms with E-state index in [4.69, 9.17) is 20.1 Å². The van der Waals surface area contributed by atoms with Gasteiger partial charge in [0.15, 0.2) is 6.10 Å². The average Bonchev–Trinajstić information content (AvgIpc) is 3.05. The summed E-state index contributed by atoms with van der Waals surface area (Å²) >= 11 is 0. The number of ether oxygens (including phenoxy) is 1. The lowest BCUT2D eigenvalue weighted by molar-refractivity contribution is 0.220. The Balaban J connectivity index is 1.75. The van der Waals surface area contributed by atoms with Crippen molar-refractivity contribution in [3.05, 3.63) is 41.5 Å². The summed E-state index contributed by atoms with van der Waals surface area (Å²) < 4.78 is 10.9. The summed E-state index contributed by atoms with van der Waals surface area (Å²) in [6.45, 7) is -0.00967. The normalized spacial score (nSPS) is 18.9. The van der Waals surface area contributed by atoms with Gasteiger partial charge in [0.25, 0.3) is 0 Å². The number of para-hydroxylation sites is 1. The predicted molar refractivity (Wildman–Crippen MR) is 66.4 cm³/mol. The minimum atomic E-state index is -0.435. The van der Waals surface area contributed by atoms with E-state index in [-0.39, 0.29) is 12.7 Å². The van der Waals surface area contributed by atoms with Crippen LogP contribution in [-0.4, -0.2) is 21.9 Å². The Morgan fingerprint density at radius 2 is 2.26 bits per heavy atom. The maximum Gasteiger partial charge on any atom is 0.243 e. The molecule has 2 unspecified atom stereocenters. The molecule has 19 heavy (non-hydrogen) atoms. The van der Waals surface area contributed by atoms with Crippen LogP contribution in [0.2, 0.25) is 0 Å². The number of nitrogens with zero attached hydrogens (tertiary/aromatic N) is 2. The summed E-state index contributed by atoms with van der Waals surface area (Å²) in [5.74, 6) is 1.70. The molecule has 3 rings (SSSR count). The van der Waals surface area contributed by atoms with Gasteiger partial charge in [-0.25, -0.2) is 0 Å². The molecule has 0 fully saturated rings. The first-order chi connectivity index (χ1) is 9.28.